The summed E-state index contributed by atoms with van der Waals surface area (Å²) in [6.07, 6.45) is 1.07. The number of likely N-dealkylation sites (tertiary alicyclic amines) is 2. The molecule has 2 rings (SSSR count). The van der Waals surface area contributed by atoms with E-state index in [1.165, 1.54) is 0 Å². The van der Waals surface area contributed by atoms with E-state index in [0.29, 0.717) is 24.9 Å². The molecule has 2 saturated heterocycles. The van der Waals surface area contributed by atoms with Crippen LogP contribution in [0.4, 0.5) is 4.79 Å². The van der Waals surface area contributed by atoms with Crippen LogP contribution >= 0.6 is 0 Å². The molecule has 1 N–H and O–H groups in total. The molecule has 1 unspecified atom stereocenters. The Labute approximate surface area is 119 Å². The van der Waals surface area contributed by atoms with Gasteiger partial charge in [0.25, 0.3) is 0 Å². The lowest BCUT2D eigenvalue weighted by molar-refractivity contribution is -0.160. The molecule has 0 aromatic heterocycles. The lowest BCUT2D eigenvalue weighted by Gasteiger charge is -2.48. The van der Waals surface area contributed by atoms with E-state index in [9.17, 15) is 9.59 Å². The topological polar surface area (TPSA) is 70.1 Å². The Morgan fingerprint density at radius 2 is 2.00 bits per heavy atom. The monoisotopic (exact) mass is 284 g/mol. The van der Waals surface area contributed by atoms with Crippen LogP contribution in [0.1, 0.15) is 27.2 Å². The van der Waals surface area contributed by atoms with Gasteiger partial charge in [-0.05, 0) is 25.2 Å². The third-order valence-electron chi connectivity index (χ3n) is 4.30. The molecule has 1 atom stereocenters. The highest BCUT2D eigenvalue weighted by atomic mass is 16.5. The van der Waals surface area contributed by atoms with Crippen molar-refractivity contribution in [2.24, 2.45) is 11.8 Å². The molecule has 0 radical (unpaired) electrons. The van der Waals surface area contributed by atoms with Crippen LogP contribution in [0, 0.1) is 11.8 Å². The Hall–Kier alpha value is -1.30. The van der Waals surface area contributed by atoms with Crippen LogP contribution in [0.5, 0.6) is 0 Å². The van der Waals surface area contributed by atoms with Crippen molar-refractivity contribution in [3.05, 3.63) is 0 Å². The maximum atomic E-state index is 12.3. The number of carbonyl (C=O) groups is 2. The fourth-order valence-corrected chi connectivity index (χ4v) is 2.93. The second kappa shape index (κ2) is 5.60. The average molecular weight is 284 g/mol. The van der Waals surface area contributed by atoms with Crippen molar-refractivity contribution in [3.63, 3.8) is 0 Å². The van der Waals surface area contributed by atoms with Crippen LogP contribution in [0.3, 0.4) is 0 Å². The zero-order valence-electron chi connectivity index (χ0n) is 12.5. The predicted octanol–water partition coefficient (Wildman–Crippen LogP) is 1.26. The minimum atomic E-state index is -0.977. The number of ether oxygens (including phenoxy) is 1. The lowest BCUT2D eigenvalue weighted by atomic mass is 9.95. The van der Waals surface area contributed by atoms with E-state index in [1.54, 1.807) is 4.90 Å². The lowest BCUT2D eigenvalue weighted by Crippen LogP contribution is -2.65. The first kappa shape index (κ1) is 15.1. The largest absolute Gasteiger partial charge is 0.480 e. The van der Waals surface area contributed by atoms with E-state index in [-0.39, 0.29) is 12.6 Å². The summed E-state index contributed by atoms with van der Waals surface area (Å²) in [5, 5.41) is 8.61. The quantitative estimate of drug-likeness (QED) is 0.843. The normalized spacial score (nSPS) is 24.9. The molecule has 0 spiro atoms. The van der Waals surface area contributed by atoms with Crippen LogP contribution in [0.2, 0.25) is 0 Å². The van der Waals surface area contributed by atoms with Gasteiger partial charge < -0.3 is 19.6 Å². The molecule has 6 heteroatoms. The molecule has 0 aliphatic carbocycles. The number of aliphatic carboxylic acids is 1. The Bertz CT molecular complexity index is 391. The van der Waals surface area contributed by atoms with Gasteiger partial charge in [0.05, 0.1) is 13.1 Å². The van der Waals surface area contributed by atoms with E-state index >= 15 is 0 Å². The van der Waals surface area contributed by atoms with Gasteiger partial charge in [-0.25, -0.2) is 9.59 Å². The standard InChI is InChI=1S/C14H24N2O4/c1-10(2)11-4-5-15(6-11)13(19)16-8-14(3,9-16)20-7-12(17)18/h10-11H,4-9H2,1-3H3,(H,17,18). The third-order valence-corrected chi connectivity index (χ3v) is 4.30. The number of hydrogen-bond donors (Lipinski definition) is 1. The second-order valence-corrected chi connectivity index (χ2v) is 6.51. The zero-order valence-corrected chi connectivity index (χ0v) is 12.5. The van der Waals surface area contributed by atoms with Gasteiger partial charge in [0.1, 0.15) is 12.2 Å². The van der Waals surface area contributed by atoms with Crippen LogP contribution in [0.15, 0.2) is 0 Å². The Kier molecular flexibility index (Phi) is 4.22. The fraction of sp³-hybridized carbons (Fsp3) is 0.857. The maximum Gasteiger partial charge on any atom is 0.329 e. The minimum absolute atomic E-state index is 0.0598. The molecule has 0 bridgehead atoms. The summed E-state index contributed by atoms with van der Waals surface area (Å²) in [5.74, 6) is 0.221. The molecule has 0 aromatic carbocycles. The molecular weight excluding hydrogens is 260 g/mol. The van der Waals surface area contributed by atoms with Crippen molar-refractivity contribution in [1.82, 2.24) is 9.80 Å². The molecule has 2 fully saturated rings. The van der Waals surface area contributed by atoms with Crippen molar-refractivity contribution < 1.29 is 19.4 Å². The minimum Gasteiger partial charge on any atom is -0.480 e. The van der Waals surface area contributed by atoms with Gasteiger partial charge >= 0.3 is 12.0 Å². The van der Waals surface area contributed by atoms with Gasteiger partial charge in [0.15, 0.2) is 0 Å². The SMILES string of the molecule is CC(C)C1CCN(C(=O)N2CC(C)(OCC(=O)O)C2)C1. The molecule has 2 amide bonds. The van der Waals surface area contributed by atoms with Gasteiger partial charge in [-0.3, -0.25) is 0 Å². The van der Waals surface area contributed by atoms with Gasteiger partial charge in [-0.15, -0.1) is 0 Å². The zero-order chi connectivity index (χ0) is 14.9. The molecule has 2 aliphatic rings. The first-order valence-corrected chi connectivity index (χ1v) is 7.20. The molecule has 0 saturated carbocycles. The Balaban J connectivity index is 1.78. The van der Waals surface area contributed by atoms with Crippen molar-refractivity contribution in [2.75, 3.05) is 32.8 Å². The number of carbonyl (C=O) groups excluding carboxylic acids is 1. The highest BCUT2D eigenvalue weighted by Crippen LogP contribution is 2.29. The van der Waals surface area contributed by atoms with Gasteiger partial charge in [-0.2, -0.15) is 0 Å². The number of carboxylic acid groups (broad SMARTS) is 1. The molecule has 2 aliphatic heterocycles. The van der Waals surface area contributed by atoms with Crippen molar-refractivity contribution in [1.29, 1.82) is 0 Å². The Morgan fingerprint density at radius 3 is 2.50 bits per heavy atom. The predicted molar refractivity (Wildman–Crippen MR) is 73.5 cm³/mol. The van der Waals surface area contributed by atoms with Gasteiger partial charge in [-0.1, -0.05) is 13.8 Å². The number of nitrogens with zero attached hydrogens (tertiary/aromatic N) is 2. The van der Waals surface area contributed by atoms with E-state index < -0.39 is 11.6 Å². The molecule has 114 valence electrons. The molecule has 0 aromatic rings. The highest BCUT2D eigenvalue weighted by Gasteiger charge is 2.45. The summed E-state index contributed by atoms with van der Waals surface area (Å²) in [4.78, 5) is 26.4. The second-order valence-electron chi connectivity index (χ2n) is 6.51. The number of rotatable bonds is 4. The highest BCUT2D eigenvalue weighted by molar-refractivity contribution is 5.76. The fourth-order valence-electron chi connectivity index (χ4n) is 2.93. The smallest absolute Gasteiger partial charge is 0.329 e. The van der Waals surface area contributed by atoms with Crippen LogP contribution in [-0.4, -0.2) is 65.3 Å². The summed E-state index contributed by atoms with van der Waals surface area (Å²) >= 11 is 0. The van der Waals surface area contributed by atoms with Gasteiger partial charge in [0.2, 0.25) is 0 Å². The number of amides is 2. The molecule has 20 heavy (non-hydrogen) atoms. The summed E-state index contributed by atoms with van der Waals surface area (Å²) in [6.45, 7) is 8.53. The van der Waals surface area contributed by atoms with E-state index in [2.05, 4.69) is 13.8 Å². The maximum absolute atomic E-state index is 12.3. The summed E-state index contributed by atoms with van der Waals surface area (Å²) in [6, 6.07) is 0.0598. The molecular formula is C14H24N2O4. The first-order valence-electron chi connectivity index (χ1n) is 7.20. The summed E-state index contributed by atoms with van der Waals surface area (Å²) < 4.78 is 5.32. The number of urea groups is 1. The van der Waals surface area contributed by atoms with Crippen LogP contribution in [-0.2, 0) is 9.53 Å². The number of carboxylic acids is 1. The Morgan fingerprint density at radius 1 is 1.35 bits per heavy atom. The molecule has 2 heterocycles. The van der Waals surface area contributed by atoms with E-state index in [1.807, 2.05) is 11.8 Å². The van der Waals surface area contributed by atoms with Crippen LogP contribution < -0.4 is 0 Å². The average Bonchev–Trinajstić information content (AvgIpc) is 2.81. The van der Waals surface area contributed by atoms with Crippen LogP contribution in [0.25, 0.3) is 0 Å². The molecule has 6 nitrogen and oxygen atoms in total. The van der Waals surface area contributed by atoms with Gasteiger partial charge in [0, 0.05) is 13.1 Å². The van der Waals surface area contributed by atoms with Crippen molar-refractivity contribution >= 4 is 12.0 Å². The summed E-state index contributed by atoms with van der Waals surface area (Å²) in [7, 11) is 0. The first-order chi connectivity index (χ1) is 9.31. The van der Waals surface area contributed by atoms with E-state index in [0.717, 1.165) is 19.5 Å². The van der Waals surface area contributed by atoms with Crippen molar-refractivity contribution in [3.8, 4) is 0 Å². The number of hydrogen-bond acceptors (Lipinski definition) is 3. The van der Waals surface area contributed by atoms with Crippen molar-refractivity contribution in [2.45, 2.75) is 32.8 Å². The van der Waals surface area contributed by atoms with E-state index in [4.69, 9.17) is 9.84 Å². The summed E-state index contributed by atoms with van der Waals surface area (Å²) in [5.41, 5.74) is -0.509. The third kappa shape index (κ3) is 3.23.